The number of hydrogen-bond donors (Lipinski definition) is 2. The highest BCUT2D eigenvalue weighted by Gasteiger charge is 2.06. The second kappa shape index (κ2) is 7.48. The van der Waals surface area contributed by atoms with Crippen LogP contribution in [-0.2, 0) is 6.54 Å². The van der Waals surface area contributed by atoms with Crippen LogP contribution in [0.3, 0.4) is 0 Å². The maximum atomic E-state index is 9.82. The van der Waals surface area contributed by atoms with Gasteiger partial charge in [-0.25, -0.2) is 0 Å². The molecule has 2 rings (SSSR count). The minimum absolute atomic E-state index is 0.191. The largest absolute Gasteiger partial charge is 0.491 e. The van der Waals surface area contributed by atoms with Gasteiger partial charge in [-0.3, -0.25) is 0 Å². The van der Waals surface area contributed by atoms with Crippen LogP contribution in [0.15, 0.2) is 40.8 Å². The first-order valence-electron chi connectivity index (χ1n) is 6.74. The van der Waals surface area contributed by atoms with Gasteiger partial charge in [0.1, 0.15) is 30.0 Å². The Hall–Kier alpha value is -2.29. The molecule has 1 unspecified atom stereocenters. The number of benzene rings is 1. The zero-order chi connectivity index (χ0) is 15.1. The first-order valence-corrected chi connectivity index (χ1v) is 6.74. The van der Waals surface area contributed by atoms with Crippen molar-refractivity contribution in [3.05, 3.63) is 53.5 Å². The Kier molecular flexibility index (Phi) is 5.38. The molecule has 0 aliphatic rings. The first kappa shape index (κ1) is 15.1. The number of aliphatic hydroxyl groups is 1. The molecule has 1 heterocycles. The normalized spacial score (nSPS) is 11.9. The van der Waals surface area contributed by atoms with Crippen LogP contribution in [0.1, 0.15) is 17.1 Å². The summed E-state index contributed by atoms with van der Waals surface area (Å²) in [6, 6.07) is 12.6. The molecule has 0 saturated heterocycles. The molecular formula is C16H18N2O3. The van der Waals surface area contributed by atoms with Crippen molar-refractivity contribution in [2.75, 3.05) is 13.2 Å². The monoisotopic (exact) mass is 286 g/mol. The van der Waals surface area contributed by atoms with Crippen LogP contribution in [0.5, 0.6) is 5.75 Å². The molecule has 0 radical (unpaired) electrons. The molecule has 0 spiro atoms. The van der Waals surface area contributed by atoms with Crippen molar-refractivity contribution in [2.45, 2.75) is 19.6 Å². The molecule has 1 aromatic carbocycles. The minimum atomic E-state index is -0.614. The lowest BCUT2D eigenvalue weighted by atomic mass is 10.2. The number of furan rings is 1. The number of nitrogens with zero attached hydrogens (tertiary/aromatic N) is 1. The van der Waals surface area contributed by atoms with Crippen LogP contribution in [0, 0.1) is 18.3 Å². The van der Waals surface area contributed by atoms with Crippen LogP contribution >= 0.6 is 0 Å². The van der Waals surface area contributed by atoms with Crippen molar-refractivity contribution in [1.82, 2.24) is 5.32 Å². The van der Waals surface area contributed by atoms with E-state index < -0.39 is 6.10 Å². The van der Waals surface area contributed by atoms with Crippen molar-refractivity contribution in [2.24, 2.45) is 0 Å². The van der Waals surface area contributed by atoms with Crippen LogP contribution in [0.2, 0.25) is 0 Å². The number of rotatable bonds is 7. The zero-order valence-electron chi connectivity index (χ0n) is 11.9. The second-order valence-corrected chi connectivity index (χ2v) is 4.74. The molecule has 0 aliphatic heterocycles. The third-order valence-electron chi connectivity index (χ3n) is 2.90. The number of ether oxygens (including phenoxy) is 1. The fourth-order valence-electron chi connectivity index (χ4n) is 1.82. The summed E-state index contributed by atoms with van der Waals surface area (Å²) in [6.45, 7) is 3.07. The Balaban J connectivity index is 1.67. The number of aliphatic hydroxyl groups excluding tert-OH is 1. The summed E-state index contributed by atoms with van der Waals surface area (Å²) in [7, 11) is 0. The maximum Gasteiger partial charge on any atom is 0.119 e. The predicted molar refractivity (Wildman–Crippen MR) is 77.8 cm³/mol. The summed E-state index contributed by atoms with van der Waals surface area (Å²) in [5, 5.41) is 21.6. The highest BCUT2D eigenvalue weighted by molar-refractivity contribution is 5.34. The van der Waals surface area contributed by atoms with E-state index in [1.54, 1.807) is 24.3 Å². The molecule has 0 saturated carbocycles. The smallest absolute Gasteiger partial charge is 0.119 e. The van der Waals surface area contributed by atoms with Gasteiger partial charge in [0.2, 0.25) is 0 Å². The highest BCUT2D eigenvalue weighted by Crippen LogP contribution is 2.11. The van der Waals surface area contributed by atoms with E-state index in [0.29, 0.717) is 24.4 Å². The van der Waals surface area contributed by atoms with Gasteiger partial charge in [-0.1, -0.05) is 0 Å². The zero-order valence-corrected chi connectivity index (χ0v) is 11.9. The first-order chi connectivity index (χ1) is 10.2. The molecule has 0 fully saturated rings. The molecule has 2 N–H and O–H groups in total. The van der Waals surface area contributed by atoms with Crippen molar-refractivity contribution < 1.29 is 14.3 Å². The van der Waals surface area contributed by atoms with Gasteiger partial charge in [0.05, 0.1) is 18.2 Å². The second-order valence-electron chi connectivity index (χ2n) is 4.74. The molecule has 0 aliphatic carbocycles. The molecule has 1 aromatic heterocycles. The van der Waals surface area contributed by atoms with Crippen molar-refractivity contribution in [3.8, 4) is 11.8 Å². The van der Waals surface area contributed by atoms with Crippen molar-refractivity contribution >= 4 is 0 Å². The Morgan fingerprint density at radius 2 is 2.05 bits per heavy atom. The Morgan fingerprint density at radius 1 is 1.29 bits per heavy atom. The van der Waals surface area contributed by atoms with E-state index in [1.807, 2.05) is 25.1 Å². The number of nitrogens with one attached hydrogen (secondary N) is 1. The van der Waals surface area contributed by atoms with E-state index >= 15 is 0 Å². The quantitative estimate of drug-likeness (QED) is 0.814. The fraction of sp³-hybridized carbons (Fsp3) is 0.312. The van der Waals surface area contributed by atoms with Crippen LogP contribution in [0.25, 0.3) is 0 Å². The van der Waals surface area contributed by atoms with Gasteiger partial charge in [0.15, 0.2) is 0 Å². The van der Waals surface area contributed by atoms with Crippen molar-refractivity contribution in [3.63, 3.8) is 0 Å². The average molecular weight is 286 g/mol. The van der Waals surface area contributed by atoms with Crippen LogP contribution in [-0.4, -0.2) is 24.4 Å². The third kappa shape index (κ3) is 4.95. The summed E-state index contributed by atoms with van der Waals surface area (Å²) in [5.74, 6) is 2.35. The Morgan fingerprint density at radius 3 is 2.67 bits per heavy atom. The molecule has 1 atom stereocenters. The molecule has 0 bridgehead atoms. The van der Waals surface area contributed by atoms with E-state index in [0.717, 1.165) is 11.5 Å². The Bertz CT molecular complexity index is 599. The lowest BCUT2D eigenvalue weighted by Gasteiger charge is -2.12. The Labute approximate surface area is 123 Å². The van der Waals surface area contributed by atoms with Crippen molar-refractivity contribution in [1.29, 1.82) is 5.26 Å². The summed E-state index contributed by atoms with van der Waals surface area (Å²) in [5.41, 5.74) is 0.582. The molecular weight excluding hydrogens is 268 g/mol. The SMILES string of the molecule is Cc1ccc(CNCC(O)COc2ccc(C#N)cc2)o1. The molecule has 2 aromatic rings. The summed E-state index contributed by atoms with van der Waals surface area (Å²) in [6.07, 6.45) is -0.614. The van der Waals surface area contributed by atoms with Gasteiger partial charge in [0.25, 0.3) is 0 Å². The van der Waals surface area contributed by atoms with Gasteiger partial charge in [-0.05, 0) is 43.3 Å². The van der Waals surface area contributed by atoms with Gasteiger partial charge in [-0.2, -0.15) is 5.26 Å². The lowest BCUT2D eigenvalue weighted by Crippen LogP contribution is -2.31. The minimum Gasteiger partial charge on any atom is -0.491 e. The van der Waals surface area contributed by atoms with E-state index in [4.69, 9.17) is 14.4 Å². The standard InChI is InChI=1S/C16H18N2O3/c1-12-2-5-16(21-12)10-18-9-14(19)11-20-15-6-3-13(8-17)4-7-15/h2-7,14,18-19H,9-11H2,1H3. The molecule has 5 heteroatoms. The van der Waals surface area contributed by atoms with Gasteiger partial charge in [-0.15, -0.1) is 0 Å². The molecule has 21 heavy (non-hydrogen) atoms. The topological polar surface area (TPSA) is 78.4 Å². The van der Waals surface area contributed by atoms with E-state index in [2.05, 4.69) is 5.32 Å². The van der Waals surface area contributed by atoms with Gasteiger partial charge < -0.3 is 19.6 Å². The van der Waals surface area contributed by atoms with Crippen LogP contribution < -0.4 is 10.1 Å². The molecule has 5 nitrogen and oxygen atoms in total. The fourth-order valence-corrected chi connectivity index (χ4v) is 1.82. The number of hydrogen-bond acceptors (Lipinski definition) is 5. The number of nitriles is 1. The van der Waals surface area contributed by atoms with Gasteiger partial charge >= 0.3 is 0 Å². The van der Waals surface area contributed by atoms with E-state index in [-0.39, 0.29) is 6.61 Å². The summed E-state index contributed by atoms with van der Waals surface area (Å²) in [4.78, 5) is 0. The summed E-state index contributed by atoms with van der Waals surface area (Å²) < 4.78 is 10.9. The van der Waals surface area contributed by atoms with E-state index in [9.17, 15) is 5.11 Å². The maximum absolute atomic E-state index is 9.82. The summed E-state index contributed by atoms with van der Waals surface area (Å²) >= 11 is 0. The predicted octanol–water partition coefficient (Wildman–Crippen LogP) is 1.99. The van der Waals surface area contributed by atoms with E-state index in [1.165, 1.54) is 0 Å². The van der Waals surface area contributed by atoms with Crippen LogP contribution in [0.4, 0.5) is 0 Å². The lowest BCUT2D eigenvalue weighted by molar-refractivity contribution is 0.105. The molecule has 0 amide bonds. The third-order valence-corrected chi connectivity index (χ3v) is 2.90. The average Bonchev–Trinajstić information content (AvgIpc) is 2.91. The highest BCUT2D eigenvalue weighted by atomic mass is 16.5. The van der Waals surface area contributed by atoms with Gasteiger partial charge in [0, 0.05) is 6.54 Å². The number of aryl methyl sites for hydroxylation is 1. The molecule has 110 valence electrons.